The van der Waals surface area contributed by atoms with Crippen LogP contribution in [-0.2, 0) is 4.79 Å². The number of aliphatic imine (C=N–C) groups is 1. The summed E-state index contributed by atoms with van der Waals surface area (Å²) in [6, 6.07) is 14.1. The number of rotatable bonds is 7. The lowest BCUT2D eigenvalue weighted by Gasteiger charge is -2.41. The Bertz CT molecular complexity index is 1390. The van der Waals surface area contributed by atoms with Crippen LogP contribution >= 0.6 is 11.8 Å². The number of halogens is 2. The van der Waals surface area contributed by atoms with Gasteiger partial charge in [0.25, 0.3) is 0 Å². The molecule has 3 aromatic rings. The van der Waals surface area contributed by atoms with Crippen molar-refractivity contribution in [1.29, 1.82) is 5.26 Å². The summed E-state index contributed by atoms with van der Waals surface area (Å²) in [5.41, 5.74) is -0.0845. The SMILES string of the molecule is CSc1ccccc1N=C(c1cc(F)c(-c2c(O)cccc2F)nc1NC=O)N1CCN(C)CC1CC#N. The van der Waals surface area contributed by atoms with Gasteiger partial charge in [-0.1, -0.05) is 18.2 Å². The largest absolute Gasteiger partial charge is 0.507 e. The molecule has 1 saturated heterocycles. The number of likely N-dealkylation sites (N-methyl/N-ethyl adjacent to an activating group) is 1. The van der Waals surface area contributed by atoms with Crippen LogP contribution < -0.4 is 5.32 Å². The third-order valence-electron chi connectivity index (χ3n) is 6.24. The maximum absolute atomic E-state index is 15.6. The van der Waals surface area contributed by atoms with Crippen LogP contribution in [0.15, 0.2) is 58.4 Å². The number of carbonyl (C=O) groups is 1. The van der Waals surface area contributed by atoms with Crippen LogP contribution in [0.5, 0.6) is 5.75 Å². The van der Waals surface area contributed by atoms with Crippen molar-refractivity contribution < 1.29 is 18.7 Å². The molecule has 2 heterocycles. The van der Waals surface area contributed by atoms with Gasteiger partial charge in [0.05, 0.1) is 35.3 Å². The van der Waals surface area contributed by atoms with Crippen LogP contribution in [0.1, 0.15) is 12.0 Å². The minimum Gasteiger partial charge on any atom is -0.507 e. The highest BCUT2D eigenvalue weighted by Gasteiger charge is 2.31. The first-order valence-corrected chi connectivity index (χ1v) is 13.0. The molecule has 4 rings (SSSR count). The van der Waals surface area contributed by atoms with Gasteiger partial charge < -0.3 is 20.2 Å². The van der Waals surface area contributed by atoms with Gasteiger partial charge in [-0.25, -0.2) is 18.8 Å². The number of hydrogen-bond donors (Lipinski definition) is 2. The minimum atomic E-state index is -0.909. The van der Waals surface area contributed by atoms with E-state index in [1.165, 1.54) is 23.9 Å². The van der Waals surface area contributed by atoms with E-state index < -0.39 is 28.6 Å². The number of benzene rings is 2. The summed E-state index contributed by atoms with van der Waals surface area (Å²) in [5.74, 6) is -2.00. The molecule has 0 radical (unpaired) electrons. The van der Waals surface area contributed by atoms with Crippen LogP contribution in [-0.4, -0.2) is 71.1 Å². The number of amides is 1. The highest BCUT2D eigenvalue weighted by Crippen LogP contribution is 2.36. The summed E-state index contributed by atoms with van der Waals surface area (Å²) < 4.78 is 30.2. The average molecular weight is 537 g/mol. The predicted molar refractivity (Wildman–Crippen MR) is 144 cm³/mol. The lowest BCUT2D eigenvalue weighted by atomic mass is 10.0. The first-order valence-electron chi connectivity index (χ1n) is 11.8. The van der Waals surface area contributed by atoms with E-state index in [1.54, 1.807) is 0 Å². The van der Waals surface area contributed by atoms with E-state index >= 15 is 4.39 Å². The topological polar surface area (TPSA) is 105 Å². The summed E-state index contributed by atoms with van der Waals surface area (Å²) in [5, 5.41) is 22.2. The molecule has 0 aliphatic carbocycles. The zero-order chi connectivity index (χ0) is 27.2. The molecule has 1 amide bonds. The third-order valence-corrected chi connectivity index (χ3v) is 7.02. The van der Waals surface area contributed by atoms with Gasteiger partial charge in [0.1, 0.15) is 28.9 Å². The molecule has 38 heavy (non-hydrogen) atoms. The maximum atomic E-state index is 15.6. The summed E-state index contributed by atoms with van der Waals surface area (Å²) in [4.78, 5) is 25.6. The number of hydrogen-bond acceptors (Lipinski definition) is 7. The molecule has 0 bridgehead atoms. The minimum absolute atomic E-state index is 0.0610. The van der Waals surface area contributed by atoms with Gasteiger partial charge in [0.2, 0.25) is 6.41 Å². The Kier molecular flexibility index (Phi) is 8.55. The Morgan fingerprint density at radius 1 is 1.26 bits per heavy atom. The molecule has 2 N–H and O–H groups in total. The third kappa shape index (κ3) is 5.61. The van der Waals surface area contributed by atoms with Gasteiger partial charge in [0.15, 0.2) is 5.82 Å². The summed E-state index contributed by atoms with van der Waals surface area (Å²) in [7, 11) is 1.96. The molecular weight excluding hydrogens is 510 g/mol. The average Bonchev–Trinajstić information content (AvgIpc) is 2.90. The second-order valence-electron chi connectivity index (χ2n) is 8.69. The molecule has 0 saturated carbocycles. The van der Waals surface area contributed by atoms with Crippen molar-refractivity contribution in [2.24, 2.45) is 4.99 Å². The van der Waals surface area contributed by atoms with Gasteiger partial charge in [-0.3, -0.25) is 4.79 Å². The van der Waals surface area contributed by atoms with Crippen molar-refractivity contribution in [3.63, 3.8) is 0 Å². The molecule has 196 valence electrons. The van der Waals surface area contributed by atoms with Crippen LogP contribution in [0.3, 0.4) is 0 Å². The lowest BCUT2D eigenvalue weighted by molar-refractivity contribution is -0.105. The standard InChI is InChI=1S/C27H26F2N6O2S/c1-34-12-13-35(17(15-34)10-11-30)27(32-21-7-3-4-9-23(21)38-2)18-14-20(29)25(33-26(18)31-16-36)24-19(28)6-5-8-22(24)37/h3-9,14,16-17,37H,10,12-13,15H2,1-2H3,(H,31,33,36). The van der Waals surface area contributed by atoms with E-state index in [4.69, 9.17) is 4.99 Å². The molecule has 1 unspecified atom stereocenters. The molecule has 1 aliphatic rings. The normalized spacial score (nSPS) is 16.2. The number of nitrogens with one attached hydrogen (secondary N) is 1. The number of para-hydroxylation sites is 1. The van der Waals surface area contributed by atoms with Crippen molar-refractivity contribution >= 4 is 35.5 Å². The Balaban J connectivity index is 1.97. The Morgan fingerprint density at radius 2 is 2.05 bits per heavy atom. The second-order valence-corrected chi connectivity index (χ2v) is 9.54. The maximum Gasteiger partial charge on any atom is 0.212 e. The molecule has 8 nitrogen and oxygen atoms in total. The summed E-state index contributed by atoms with van der Waals surface area (Å²) >= 11 is 1.49. The fourth-order valence-corrected chi connectivity index (χ4v) is 4.97. The van der Waals surface area contributed by atoms with E-state index in [-0.39, 0.29) is 23.8 Å². The van der Waals surface area contributed by atoms with Crippen LogP contribution in [0.25, 0.3) is 11.3 Å². The number of aromatic hydroxyl groups is 1. The molecule has 0 spiro atoms. The fraction of sp³-hybridized carbons (Fsp3) is 0.259. The number of phenols is 1. The summed E-state index contributed by atoms with van der Waals surface area (Å²) in [6.45, 7) is 1.73. The van der Waals surface area contributed by atoms with Gasteiger partial charge in [-0.05, 0) is 43.6 Å². The Labute approximate surface area is 223 Å². The van der Waals surface area contributed by atoms with Crippen molar-refractivity contribution in [3.8, 4) is 23.1 Å². The molecule has 1 fully saturated rings. The first kappa shape index (κ1) is 27.0. The number of nitriles is 1. The van der Waals surface area contributed by atoms with Crippen LogP contribution in [0.4, 0.5) is 20.3 Å². The number of amidine groups is 1. The highest BCUT2D eigenvalue weighted by atomic mass is 32.2. The van der Waals surface area contributed by atoms with Gasteiger partial charge in [-0.2, -0.15) is 5.26 Å². The zero-order valence-electron chi connectivity index (χ0n) is 20.9. The second kappa shape index (κ2) is 12.0. The number of pyridine rings is 1. The number of carbonyl (C=O) groups excluding carboxylic acids is 1. The number of aromatic nitrogens is 1. The number of anilines is 1. The Hall–Kier alpha value is -4.01. The molecule has 1 atom stereocenters. The molecule has 1 aliphatic heterocycles. The van der Waals surface area contributed by atoms with E-state index in [0.717, 1.165) is 17.0 Å². The number of phenolic OH excluding ortho intramolecular Hbond substituents is 1. The van der Waals surface area contributed by atoms with Gasteiger partial charge >= 0.3 is 0 Å². The van der Waals surface area contributed by atoms with Crippen molar-refractivity contribution in [2.45, 2.75) is 17.4 Å². The van der Waals surface area contributed by atoms with E-state index in [9.17, 15) is 19.6 Å². The smallest absolute Gasteiger partial charge is 0.212 e. The zero-order valence-corrected chi connectivity index (χ0v) is 21.7. The lowest BCUT2D eigenvalue weighted by Crippen LogP contribution is -2.54. The Morgan fingerprint density at radius 3 is 2.76 bits per heavy atom. The molecule has 2 aromatic carbocycles. The molecule has 11 heteroatoms. The van der Waals surface area contributed by atoms with E-state index in [2.05, 4.69) is 21.3 Å². The quantitative estimate of drug-likeness (QED) is 0.196. The predicted octanol–water partition coefficient (Wildman–Crippen LogP) is 4.63. The van der Waals surface area contributed by atoms with Gasteiger partial charge in [-0.15, -0.1) is 11.8 Å². The monoisotopic (exact) mass is 536 g/mol. The van der Waals surface area contributed by atoms with Gasteiger partial charge in [0, 0.05) is 24.5 Å². The number of thioether (sulfide) groups is 1. The van der Waals surface area contributed by atoms with Crippen molar-refractivity contribution in [3.05, 3.63) is 65.7 Å². The van der Waals surface area contributed by atoms with Crippen LogP contribution in [0, 0.1) is 23.0 Å². The number of nitrogens with zero attached hydrogens (tertiary/aromatic N) is 5. The van der Waals surface area contributed by atoms with Crippen molar-refractivity contribution in [1.82, 2.24) is 14.8 Å². The van der Waals surface area contributed by atoms with Crippen molar-refractivity contribution in [2.75, 3.05) is 38.3 Å². The fourth-order valence-electron chi connectivity index (χ4n) is 4.43. The first-order chi connectivity index (χ1) is 18.4. The van der Waals surface area contributed by atoms with E-state index in [1.807, 2.05) is 42.5 Å². The van der Waals surface area contributed by atoms with Crippen LogP contribution in [0.2, 0.25) is 0 Å². The highest BCUT2D eigenvalue weighted by molar-refractivity contribution is 7.98. The summed E-state index contributed by atoms with van der Waals surface area (Å²) in [6.07, 6.45) is 2.50. The number of piperazine rings is 1. The van der Waals surface area contributed by atoms with E-state index in [0.29, 0.717) is 37.6 Å². The molecule has 1 aromatic heterocycles. The molecular formula is C27H26F2N6O2S.